The van der Waals surface area contributed by atoms with E-state index in [9.17, 15) is 9.59 Å². The highest BCUT2D eigenvalue weighted by molar-refractivity contribution is 8.00. The normalized spacial score (nSPS) is 10.8. The van der Waals surface area contributed by atoms with E-state index >= 15 is 0 Å². The molecule has 0 aliphatic rings. The van der Waals surface area contributed by atoms with E-state index in [1.165, 1.54) is 29.9 Å². The minimum atomic E-state index is -0.170. The molecule has 0 bridgehead atoms. The fraction of sp³-hybridized carbons (Fsp3) is 0.222. The lowest BCUT2D eigenvalue weighted by Crippen LogP contribution is -2.16. The van der Waals surface area contributed by atoms with Crippen LogP contribution in [0, 0.1) is 0 Å². The van der Waals surface area contributed by atoms with Gasteiger partial charge >= 0.3 is 0 Å². The van der Waals surface area contributed by atoms with Crippen molar-refractivity contribution in [3.8, 4) is 0 Å². The van der Waals surface area contributed by atoms with Crippen molar-refractivity contribution in [3.63, 3.8) is 0 Å². The Morgan fingerprint density at radius 2 is 2.04 bits per heavy atom. The number of nitrogens with one attached hydrogen (secondary N) is 1. The predicted octanol–water partition coefficient (Wildman–Crippen LogP) is 4.19. The summed E-state index contributed by atoms with van der Waals surface area (Å²) in [7, 11) is 0. The summed E-state index contributed by atoms with van der Waals surface area (Å²) in [6.45, 7) is 3.59. The van der Waals surface area contributed by atoms with Crippen molar-refractivity contribution in [1.82, 2.24) is 9.97 Å². The number of anilines is 1. The number of rotatable bonds is 6. The van der Waals surface area contributed by atoms with E-state index in [1.54, 1.807) is 35.6 Å². The lowest BCUT2D eigenvalue weighted by atomic mass is 10.1. The first-order valence-electron chi connectivity index (χ1n) is 7.84. The average molecular weight is 371 g/mol. The van der Waals surface area contributed by atoms with Gasteiger partial charge in [-0.05, 0) is 31.5 Å². The van der Waals surface area contributed by atoms with Crippen LogP contribution in [0.1, 0.15) is 29.1 Å². The van der Waals surface area contributed by atoms with Crippen LogP contribution in [0.4, 0.5) is 5.69 Å². The third kappa shape index (κ3) is 4.05. The summed E-state index contributed by atoms with van der Waals surface area (Å²) in [5.41, 5.74) is 1.05. The monoisotopic (exact) mass is 371 g/mol. The summed E-state index contributed by atoms with van der Waals surface area (Å²) in [5.74, 6) is -0.0295. The maximum atomic E-state index is 12.3. The first kappa shape index (κ1) is 17.6. The Morgan fingerprint density at radius 3 is 2.80 bits per heavy atom. The summed E-state index contributed by atoms with van der Waals surface area (Å²) in [4.78, 5) is 34.7. The van der Waals surface area contributed by atoms with Gasteiger partial charge in [-0.3, -0.25) is 9.59 Å². The van der Waals surface area contributed by atoms with Gasteiger partial charge in [0.25, 0.3) is 0 Å². The Morgan fingerprint density at radius 1 is 1.24 bits per heavy atom. The summed E-state index contributed by atoms with van der Waals surface area (Å²) in [6.07, 6.45) is 2.48. The van der Waals surface area contributed by atoms with Gasteiger partial charge in [0.1, 0.15) is 16.2 Å². The Bertz CT molecular complexity index is 937. The SMILES string of the molecule is CCc1cc2c(SCC(=O)Nc3ccccc3C(C)=O)ncnc2s1. The zero-order valence-corrected chi connectivity index (χ0v) is 15.5. The molecular weight excluding hydrogens is 354 g/mol. The number of thiophene rings is 1. The molecule has 0 spiro atoms. The second-order valence-electron chi connectivity index (χ2n) is 5.40. The number of para-hydroxylation sites is 1. The number of Topliss-reactive ketones (excluding diaryl/α,β-unsaturated/α-hetero) is 1. The third-order valence-corrected chi connectivity index (χ3v) is 5.81. The Labute approximate surface area is 153 Å². The van der Waals surface area contributed by atoms with Gasteiger partial charge in [-0.2, -0.15) is 0 Å². The molecule has 7 heteroatoms. The van der Waals surface area contributed by atoms with Crippen LogP contribution < -0.4 is 5.32 Å². The summed E-state index contributed by atoms with van der Waals surface area (Å²) >= 11 is 3.02. The number of aromatic nitrogens is 2. The van der Waals surface area contributed by atoms with Crippen molar-refractivity contribution in [2.75, 3.05) is 11.1 Å². The molecule has 0 saturated heterocycles. The van der Waals surface area contributed by atoms with Crippen LogP contribution in [0.5, 0.6) is 0 Å². The lowest BCUT2D eigenvalue weighted by molar-refractivity contribution is -0.113. The molecule has 0 aliphatic carbocycles. The Hall–Kier alpha value is -2.25. The van der Waals surface area contributed by atoms with E-state index in [4.69, 9.17) is 0 Å². The minimum Gasteiger partial charge on any atom is -0.325 e. The van der Waals surface area contributed by atoms with Crippen LogP contribution in [-0.2, 0) is 11.2 Å². The van der Waals surface area contributed by atoms with Gasteiger partial charge in [0.15, 0.2) is 5.78 Å². The van der Waals surface area contributed by atoms with Gasteiger partial charge < -0.3 is 5.32 Å². The number of benzene rings is 1. The molecule has 1 amide bonds. The number of aryl methyl sites for hydroxylation is 1. The van der Waals surface area contributed by atoms with E-state index in [-0.39, 0.29) is 17.4 Å². The zero-order chi connectivity index (χ0) is 17.8. The number of carbonyl (C=O) groups is 2. The molecule has 1 aromatic carbocycles. The minimum absolute atomic E-state index is 0.0774. The highest BCUT2D eigenvalue weighted by Crippen LogP contribution is 2.31. The molecule has 25 heavy (non-hydrogen) atoms. The molecular formula is C18H17N3O2S2. The fourth-order valence-corrected chi connectivity index (χ4v) is 4.16. The van der Waals surface area contributed by atoms with Crippen LogP contribution >= 0.6 is 23.1 Å². The highest BCUT2D eigenvalue weighted by atomic mass is 32.2. The maximum absolute atomic E-state index is 12.3. The first-order chi connectivity index (χ1) is 12.1. The molecule has 0 saturated carbocycles. The van der Waals surface area contributed by atoms with Gasteiger partial charge in [-0.25, -0.2) is 9.97 Å². The van der Waals surface area contributed by atoms with Crippen molar-refractivity contribution >= 4 is 50.7 Å². The van der Waals surface area contributed by atoms with Gasteiger partial charge in [0, 0.05) is 15.8 Å². The van der Waals surface area contributed by atoms with Crippen molar-refractivity contribution in [2.24, 2.45) is 0 Å². The number of hydrogen-bond donors (Lipinski definition) is 1. The molecule has 2 heterocycles. The number of nitrogens with zero attached hydrogens (tertiary/aromatic N) is 2. The van der Waals surface area contributed by atoms with Gasteiger partial charge in [-0.15, -0.1) is 11.3 Å². The molecule has 0 atom stereocenters. The number of hydrogen-bond acceptors (Lipinski definition) is 6. The molecule has 128 valence electrons. The molecule has 0 unspecified atom stereocenters. The Kier molecular flexibility index (Phi) is 5.45. The fourth-order valence-electron chi connectivity index (χ4n) is 2.39. The van der Waals surface area contributed by atoms with Gasteiger partial charge in [-0.1, -0.05) is 30.8 Å². The largest absolute Gasteiger partial charge is 0.325 e. The van der Waals surface area contributed by atoms with E-state index in [2.05, 4.69) is 28.3 Å². The number of carbonyl (C=O) groups excluding carboxylic acids is 2. The standard InChI is InChI=1S/C18H17N3O2S2/c1-3-12-8-14-17(19-10-20-18(14)25-12)24-9-16(23)21-15-7-5-4-6-13(15)11(2)22/h4-8,10H,3,9H2,1-2H3,(H,21,23). The quantitative estimate of drug-likeness (QED) is 0.400. The average Bonchev–Trinajstić information content (AvgIpc) is 3.04. The van der Waals surface area contributed by atoms with Gasteiger partial charge in [0.05, 0.1) is 11.4 Å². The number of ketones is 1. The molecule has 0 fully saturated rings. The first-order valence-corrected chi connectivity index (χ1v) is 9.64. The molecule has 3 rings (SSSR count). The zero-order valence-electron chi connectivity index (χ0n) is 13.9. The van der Waals surface area contributed by atoms with Crippen LogP contribution in [0.15, 0.2) is 41.7 Å². The van der Waals surface area contributed by atoms with Crippen molar-refractivity contribution in [3.05, 3.63) is 47.1 Å². The van der Waals surface area contributed by atoms with Crippen LogP contribution in [0.2, 0.25) is 0 Å². The topological polar surface area (TPSA) is 72.0 Å². The van der Waals surface area contributed by atoms with Crippen molar-refractivity contribution < 1.29 is 9.59 Å². The summed E-state index contributed by atoms with van der Waals surface area (Å²) in [5, 5.41) is 4.60. The maximum Gasteiger partial charge on any atom is 0.234 e. The van der Waals surface area contributed by atoms with Crippen LogP contribution in [-0.4, -0.2) is 27.4 Å². The number of amides is 1. The second kappa shape index (κ2) is 7.76. The van der Waals surface area contributed by atoms with Crippen LogP contribution in [0.25, 0.3) is 10.2 Å². The van der Waals surface area contributed by atoms with Gasteiger partial charge in [0.2, 0.25) is 5.91 Å². The highest BCUT2D eigenvalue weighted by Gasteiger charge is 2.13. The third-order valence-electron chi connectivity index (χ3n) is 3.61. The van der Waals surface area contributed by atoms with E-state index < -0.39 is 0 Å². The number of fused-ring (bicyclic) bond motifs is 1. The lowest BCUT2D eigenvalue weighted by Gasteiger charge is -2.08. The van der Waals surface area contributed by atoms with E-state index in [0.29, 0.717) is 11.3 Å². The summed E-state index contributed by atoms with van der Waals surface area (Å²) < 4.78 is 0. The predicted molar refractivity (Wildman–Crippen MR) is 103 cm³/mol. The van der Waals surface area contributed by atoms with E-state index in [1.807, 2.05) is 0 Å². The van der Waals surface area contributed by atoms with Crippen molar-refractivity contribution in [2.45, 2.75) is 25.3 Å². The molecule has 3 aromatic rings. The summed E-state index contributed by atoms with van der Waals surface area (Å²) in [6, 6.07) is 9.10. The molecule has 0 radical (unpaired) electrons. The molecule has 0 aliphatic heterocycles. The second-order valence-corrected chi connectivity index (χ2v) is 7.48. The molecule has 2 aromatic heterocycles. The smallest absolute Gasteiger partial charge is 0.234 e. The Balaban J connectivity index is 1.71. The molecule has 1 N–H and O–H groups in total. The van der Waals surface area contributed by atoms with Crippen molar-refractivity contribution in [1.29, 1.82) is 0 Å². The van der Waals surface area contributed by atoms with E-state index in [0.717, 1.165) is 21.7 Å². The van der Waals surface area contributed by atoms with Crippen LogP contribution in [0.3, 0.4) is 0 Å². The molecule has 5 nitrogen and oxygen atoms in total. The number of thioether (sulfide) groups is 1.